The minimum atomic E-state index is 0.0863. The molecule has 0 aromatic heterocycles. The number of rotatable bonds is 0. The van der Waals surface area contributed by atoms with Crippen molar-refractivity contribution in [1.29, 1.82) is 0 Å². The number of carbonyl (C=O) groups excluding carboxylic acids is 1. The zero-order valence-electron chi connectivity index (χ0n) is 8.37. The summed E-state index contributed by atoms with van der Waals surface area (Å²) in [5.74, 6) is 2.67. The second kappa shape index (κ2) is 2.17. The summed E-state index contributed by atoms with van der Waals surface area (Å²) in [7, 11) is 0. The SMILES string of the molecule is O=C1CC23C[C@@H]4CC(C[C@@H](C4)C2)C3O1. The highest BCUT2D eigenvalue weighted by Gasteiger charge is 2.62. The largest absolute Gasteiger partial charge is 0.461 e. The lowest BCUT2D eigenvalue weighted by Gasteiger charge is -2.57. The van der Waals surface area contributed by atoms with Crippen molar-refractivity contribution in [3.05, 3.63) is 0 Å². The van der Waals surface area contributed by atoms with Gasteiger partial charge in [0.15, 0.2) is 0 Å². The van der Waals surface area contributed by atoms with Gasteiger partial charge in [-0.05, 0) is 49.9 Å². The summed E-state index contributed by atoms with van der Waals surface area (Å²) in [5.41, 5.74) is 0.311. The molecule has 0 amide bonds. The first kappa shape index (κ1) is 7.72. The molecule has 5 fully saturated rings. The van der Waals surface area contributed by atoms with E-state index in [1.165, 1.54) is 32.1 Å². The molecule has 0 radical (unpaired) electrons. The van der Waals surface area contributed by atoms with Crippen molar-refractivity contribution in [3.8, 4) is 0 Å². The summed E-state index contributed by atoms with van der Waals surface area (Å²) >= 11 is 0. The van der Waals surface area contributed by atoms with Crippen LogP contribution in [0.5, 0.6) is 0 Å². The van der Waals surface area contributed by atoms with E-state index in [0.29, 0.717) is 11.5 Å². The Morgan fingerprint density at radius 2 is 1.86 bits per heavy atom. The van der Waals surface area contributed by atoms with Crippen LogP contribution in [0.3, 0.4) is 0 Å². The first-order chi connectivity index (χ1) is 6.75. The van der Waals surface area contributed by atoms with E-state index in [2.05, 4.69) is 0 Å². The average Bonchev–Trinajstić information content (AvgIpc) is 2.40. The Bertz CT molecular complexity index is 295. The highest BCUT2D eigenvalue weighted by molar-refractivity contribution is 5.73. The maximum absolute atomic E-state index is 11.4. The van der Waals surface area contributed by atoms with Crippen LogP contribution < -0.4 is 0 Å². The molecule has 76 valence electrons. The van der Waals surface area contributed by atoms with Gasteiger partial charge in [-0.15, -0.1) is 0 Å². The second-order valence-electron chi connectivity index (χ2n) is 6.06. The Balaban J connectivity index is 1.80. The van der Waals surface area contributed by atoms with Crippen LogP contribution in [0.1, 0.15) is 38.5 Å². The standard InChI is InChI=1S/C12H16O2/c13-10-6-12-4-7-1-8(5-12)3-9(2-7)11(12)14-10/h7-9,11H,1-6H2/t7-,8+,9?,11?,12?. The number of hydrogen-bond donors (Lipinski definition) is 0. The average molecular weight is 192 g/mol. The maximum atomic E-state index is 11.4. The minimum absolute atomic E-state index is 0.0863. The normalized spacial score (nSPS) is 58.7. The van der Waals surface area contributed by atoms with Gasteiger partial charge in [-0.2, -0.15) is 0 Å². The Morgan fingerprint density at radius 3 is 2.57 bits per heavy atom. The van der Waals surface area contributed by atoms with E-state index >= 15 is 0 Å². The molecule has 4 bridgehead atoms. The van der Waals surface area contributed by atoms with Gasteiger partial charge in [0.1, 0.15) is 6.10 Å². The molecule has 5 rings (SSSR count). The molecule has 14 heavy (non-hydrogen) atoms. The molecule has 1 spiro atoms. The third kappa shape index (κ3) is 0.768. The fourth-order valence-electron chi connectivity index (χ4n) is 5.10. The topological polar surface area (TPSA) is 26.3 Å². The summed E-state index contributed by atoms with van der Waals surface area (Å²) in [6.45, 7) is 0. The lowest BCUT2D eigenvalue weighted by atomic mass is 9.48. The van der Waals surface area contributed by atoms with E-state index in [1.54, 1.807) is 0 Å². The van der Waals surface area contributed by atoms with Gasteiger partial charge in [0, 0.05) is 5.41 Å². The smallest absolute Gasteiger partial charge is 0.306 e. The Morgan fingerprint density at radius 1 is 1.14 bits per heavy atom. The van der Waals surface area contributed by atoms with Crippen LogP contribution >= 0.6 is 0 Å². The molecule has 1 heterocycles. The van der Waals surface area contributed by atoms with Gasteiger partial charge in [0.25, 0.3) is 0 Å². The number of esters is 1. The summed E-state index contributed by atoms with van der Waals surface area (Å²) < 4.78 is 5.55. The Kier molecular flexibility index (Phi) is 1.20. The number of carbonyl (C=O) groups is 1. The van der Waals surface area contributed by atoms with Crippen LogP contribution in [-0.4, -0.2) is 12.1 Å². The van der Waals surface area contributed by atoms with Gasteiger partial charge in [-0.25, -0.2) is 0 Å². The van der Waals surface area contributed by atoms with Crippen molar-refractivity contribution in [3.63, 3.8) is 0 Å². The van der Waals surface area contributed by atoms with Crippen LogP contribution in [0.15, 0.2) is 0 Å². The van der Waals surface area contributed by atoms with Crippen molar-refractivity contribution in [2.24, 2.45) is 23.2 Å². The third-order valence-corrected chi connectivity index (χ3v) is 5.12. The lowest BCUT2D eigenvalue weighted by molar-refractivity contribution is -0.156. The molecule has 4 aliphatic carbocycles. The van der Waals surface area contributed by atoms with Crippen LogP contribution in [0.25, 0.3) is 0 Å². The molecule has 3 unspecified atom stereocenters. The molecule has 5 atom stereocenters. The molecule has 0 aromatic rings. The monoisotopic (exact) mass is 192 g/mol. The van der Waals surface area contributed by atoms with E-state index in [0.717, 1.165) is 24.2 Å². The second-order valence-corrected chi connectivity index (χ2v) is 6.06. The minimum Gasteiger partial charge on any atom is -0.461 e. The first-order valence-corrected chi connectivity index (χ1v) is 5.95. The van der Waals surface area contributed by atoms with Crippen molar-refractivity contribution < 1.29 is 9.53 Å². The van der Waals surface area contributed by atoms with Gasteiger partial charge in [-0.3, -0.25) is 4.79 Å². The van der Waals surface area contributed by atoms with Crippen LogP contribution in [0.4, 0.5) is 0 Å². The number of hydrogen-bond acceptors (Lipinski definition) is 2. The fraction of sp³-hybridized carbons (Fsp3) is 0.917. The van der Waals surface area contributed by atoms with E-state index in [1.807, 2.05) is 0 Å². The van der Waals surface area contributed by atoms with Crippen molar-refractivity contribution in [2.75, 3.05) is 0 Å². The van der Waals surface area contributed by atoms with E-state index in [-0.39, 0.29) is 5.97 Å². The highest BCUT2D eigenvalue weighted by atomic mass is 16.6. The molecule has 0 aromatic carbocycles. The molecule has 4 saturated carbocycles. The zero-order chi connectivity index (χ0) is 9.34. The highest BCUT2D eigenvalue weighted by Crippen LogP contribution is 2.64. The van der Waals surface area contributed by atoms with E-state index in [9.17, 15) is 4.79 Å². The van der Waals surface area contributed by atoms with Crippen molar-refractivity contribution in [1.82, 2.24) is 0 Å². The van der Waals surface area contributed by atoms with Gasteiger partial charge >= 0.3 is 5.97 Å². The molecule has 0 N–H and O–H groups in total. The van der Waals surface area contributed by atoms with Gasteiger partial charge in [0.05, 0.1) is 6.42 Å². The molecular weight excluding hydrogens is 176 g/mol. The van der Waals surface area contributed by atoms with Gasteiger partial charge in [0.2, 0.25) is 0 Å². The molecule has 1 aliphatic heterocycles. The van der Waals surface area contributed by atoms with Gasteiger partial charge < -0.3 is 4.74 Å². The molecular formula is C12H16O2. The maximum Gasteiger partial charge on any atom is 0.306 e. The van der Waals surface area contributed by atoms with Crippen LogP contribution in [0, 0.1) is 23.2 Å². The first-order valence-electron chi connectivity index (χ1n) is 5.95. The molecule has 2 heteroatoms. The van der Waals surface area contributed by atoms with E-state index in [4.69, 9.17) is 4.74 Å². The fourth-order valence-corrected chi connectivity index (χ4v) is 5.10. The van der Waals surface area contributed by atoms with Crippen molar-refractivity contribution in [2.45, 2.75) is 44.6 Å². The van der Waals surface area contributed by atoms with Crippen LogP contribution in [-0.2, 0) is 9.53 Å². The number of ether oxygens (including phenoxy) is 1. The predicted octanol–water partition coefficient (Wildman–Crippen LogP) is 2.13. The predicted molar refractivity (Wildman–Crippen MR) is 50.5 cm³/mol. The summed E-state index contributed by atoms with van der Waals surface area (Å²) in [5, 5.41) is 0. The summed E-state index contributed by atoms with van der Waals surface area (Å²) in [4.78, 5) is 11.4. The van der Waals surface area contributed by atoms with E-state index < -0.39 is 0 Å². The van der Waals surface area contributed by atoms with Crippen molar-refractivity contribution >= 4 is 5.97 Å². The summed E-state index contributed by atoms with van der Waals surface area (Å²) in [6.07, 6.45) is 7.77. The van der Waals surface area contributed by atoms with Gasteiger partial charge in [-0.1, -0.05) is 0 Å². The lowest BCUT2D eigenvalue weighted by Crippen LogP contribution is -2.53. The Hall–Kier alpha value is -0.530. The molecule has 1 saturated heterocycles. The summed E-state index contributed by atoms with van der Waals surface area (Å²) in [6, 6.07) is 0. The zero-order valence-corrected chi connectivity index (χ0v) is 8.37. The Labute approximate surface area is 84.0 Å². The molecule has 2 nitrogen and oxygen atoms in total. The third-order valence-electron chi connectivity index (χ3n) is 5.12. The molecule has 5 aliphatic rings. The quantitative estimate of drug-likeness (QED) is 0.549. The van der Waals surface area contributed by atoms with Crippen LogP contribution in [0.2, 0.25) is 0 Å².